The van der Waals surface area contributed by atoms with Gasteiger partial charge < -0.3 is 4.42 Å². The van der Waals surface area contributed by atoms with Crippen molar-refractivity contribution >= 4 is 11.9 Å². The smallest absolute Gasteiger partial charge is 0.145 e. The van der Waals surface area contributed by atoms with Gasteiger partial charge in [0.15, 0.2) is 0 Å². The summed E-state index contributed by atoms with van der Waals surface area (Å²) in [5, 5.41) is 0. The van der Waals surface area contributed by atoms with E-state index in [1.807, 2.05) is 30.3 Å². The zero-order chi connectivity index (χ0) is 15.4. The molecule has 3 rings (SSSR count). The molecule has 0 radical (unpaired) electrons. The maximum Gasteiger partial charge on any atom is 0.145 e. The third-order valence-electron chi connectivity index (χ3n) is 3.42. The zero-order valence-corrected chi connectivity index (χ0v) is 12.3. The maximum atomic E-state index is 13.2. The second-order valence-electron chi connectivity index (χ2n) is 4.99. The van der Waals surface area contributed by atoms with Crippen LogP contribution in [0, 0.1) is 5.82 Å². The normalized spacial score (nSPS) is 11.2. The predicted molar refractivity (Wildman–Crippen MR) is 87.2 cm³/mol. The highest BCUT2D eigenvalue weighted by Gasteiger charge is 2.04. The number of rotatable bonds is 4. The van der Waals surface area contributed by atoms with Gasteiger partial charge in [0.25, 0.3) is 0 Å². The molecule has 2 nitrogen and oxygen atoms in total. The highest BCUT2D eigenvalue weighted by Crippen LogP contribution is 2.22. The average Bonchev–Trinajstić information content (AvgIpc) is 3.02. The van der Waals surface area contributed by atoms with Crippen molar-refractivity contribution in [1.29, 1.82) is 0 Å². The van der Waals surface area contributed by atoms with E-state index in [1.54, 1.807) is 12.3 Å². The molecule has 0 aliphatic rings. The fraction of sp³-hybridized carbons (Fsp3) is 0.105. The van der Waals surface area contributed by atoms with Crippen molar-refractivity contribution in [2.24, 2.45) is 4.99 Å². The van der Waals surface area contributed by atoms with Gasteiger partial charge >= 0.3 is 0 Å². The third kappa shape index (κ3) is 3.31. The number of hydrogen-bond donors (Lipinski definition) is 0. The van der Waals surface area contributed by atoms with E-state index in [1.165, 1.54) is 17.7 Å². The topological polar surface area (TPSA) is 25.5 Å². The Kier molecular flexibility index (Phi) is 4.15. The molecule has 3 aromatic rings. The van der Waals surface area contributed by atoms with Crippen molar-refractivity contribution in [3.8, 4) is 11.3 Å². The van der Waals surface area contributed by atoms with Gasteiger partial charge in [-0.1, -0.05) is 31.2 Å². The molecule has 0 spiro atoms. The first-order valence-electron chi connectivity index (χ1n) is 7.23. The number of aryl methyl sites for hydroxylation is 1. The summed E-state index contributed by atoms with van der Waals surface area (Å²) in [6.45, 7) is 2.12. The minimum absolute atomic E-state index is 0.278. The van der Waals surface area contributed by atoms with Crippen LogP contribution in [0.25, 0.3) is 11.3 Å². The van der Waals surface area contributed by atoms with Crippen LogP contribution in [0.4, 0.5) is 10.1 Å². The first-order valence-corrected chi connectivity index (χ1v) is 7.23. The molecule has 0 fully saturated rings. The van der Waals surface area contributed by atoms with E-state index >= 15 is 0 Å². The van der Waals surface area contributed by atoms with E-state index in [4.69, 9.17) is 4.42 Å². The van der Waals surface area contributed by atoms with Crippen LogP contribution in [0.5, 0.6) is 0 Å². The Morgan fingerprint density at radius 2 is 1.86 bits per heavy atom. The van der Waals surface area contributed by atoms with Crippen LogP contribution in [-0.2, 0) is 6.42 Å². The van der Waals surface area contributed by atoms with Gasteiger partial charge in [-0.25, -0.2) is 4.39 Å². The van der Waals surface area contributed by atoms with Gasteiger partial charge in [0.05, 0.1) is 11.9 Å². The monoisotopic (exact) mass is 293 g/mol. The van der Waals surface area contributed by atoms with Gasteiger partial charge in [0.2, 0.25) is 0 Å². The molecule has 0 unspecified atom stereocenters. The number of nitrogens with zero attached hydrogens (tertiary/aromatic N) is 1. The maximum absolute atomic E-state index is 13.2. The van der Waals surface area contributed by atoms with Crippen molar-refractivity contribution < 1.29 is 8.81 Å². The standard InChI is InChI=1S/C19H16FNO/c1-2-14-6-8-17(9-7-14)21-13-18-10-11-19(22-18)15-4-3-5-16(20)12-15/h3-13H,2H2,1H3. The summed E-state index contributed by atoms with van der Waals surface area (Å²) in [7, 11) is 0. The van der Waals surface area contributed by atoms with E-state index in [-0.39, 0.29) is 5.82 Å². The Labute approximate surface area is 128 Å². The number of furan rings is 1. The van der Waals surface area contributed by atoms with E-state index in [2.05, 4.69) is 24.0 Å². The van der Waals surface area contributed by atoms with Crippen LogP contribution < -0.4 is 0 Å². The van der Waals surface area contributed by atoms with Gasteiger partial charge in [0, 0.05) is 5.56 Å². The second-order valence-corrected chi connectivity index (χ2v) is 4.99. The minimum Gasteiger partial charge on any atom is -0.455 e. The molecule has 0 saturated carbocycles. The molecule has 1 aromatic heterocycles. The van der Waals surface area contributed by atoms with Crippen molar-refractivity contribution in [2.75, 3.05) is 0 Å². The van der Waals surface area contributed by atoms with Crippen LogP contribution in [0.15, 0.2) is 70.1 Å². The van der Waals surface area contributed by atoms with E-state index < -0.39 is 0 Å². The van der Waals surface area contributed by atoms with Crippen LogP contribution >= 0.6 is 0 Å². The zero-order valence-electron chi connectivity index (χ0n) is 12.3. The molecule has 2 aromatic carbocycles. The molecular formula is C19H16FNO. The Hall–Kier alpha value is -2.68. The lowest BCUT2D eigenvalue weighted by Crippen LogP contribution is -1.78. The van der Waals surface area contributed by atoms with Crippen LogP contribution in [0.1, 0.15) is 18.2 Å². The van der Waals surface area contributed by atoms with Crippen molar-refractivity contribution in [1.82, 2.24) is 0 Å². The average molecular weight is 293 g/mol. The summed E-state index contributed by atoms with van der Waals surface area (Å²) in [6.07, 6.45) is 2.68. The SMILES string of the molecule is CCc1ccc(N=Cc2ccc(-c3cccc(F)c3)o2)cc1. The van der Waals surface area contributed by atoms with Crippen LogP contribution in [-0.4, -0.2) is 6.21 Å². The van der Waals surface area contributed by atoms with Gasteiger partial charge in [-0.2, -0.15) is 0 Å². The Morgan fingerprint density at radius 1 is 1.05 bits per heavy atom. The fourth-order valence-electron chi connectivity index (χ4n) is 2.17. The molecule has 110 valence electrons. The molecule has 1 heterocycles. The van der Waals surface area contributed by atoms with E-state index in [0.717, 1.165) is 12.1 Å². The molecule has 0 aliphatic heterocycles. The van der Waals surface area contributed by atoms with Crippen molar-refractivity contribution in [2.45, 2.75) is 13.3 Å². The fourth-order valence-corrected chi connectivity index (χ4v) is 2.17. The molecule has 0 aliphatic carbocycles. The van der Waals surface area contributed by atoms with E-state index in [0.29, 0.717) is 17.1 Å². The molecule has 22 heavy (non-hydrogen) atoms. The number of aliphatic imine (C=N–C) groups is 1. The van der Waals surface area contributed by atoms with Gasteiger partial charge in [0.1, 0.15) is 17.3 Å². The number of halogens is 1. The third-order valence-corrected chi connectivity index (χ3v) is 3.42. The molecule has 0 amide bonds. The highest BCUT2D eigenvalue weighted by molar-refractivity contribution is 5.79. The first-order chi connectivity index (χ1) is 10.7. The van der Waals surface area contributed by atoms with Gasteiger partial charge in [-0.05, 0) is 48.4 Å². The minimum atomic E-state index is -0.278. The van der Waals surface area contributed by atoms with Gasteiger partial charge in [-0.15, -0.1) is 0 Å². The van der Waals surface area contributed by atoms with E-state index in [9.17, 15) is 4.39 Å². The first kappa shape index (κ1) is 14.3. The highest BCUT2D eigenvalue weighted by atomic mass is 19.1. The van der Waals surface area contributed by atoms with Crippen molar-refractivity contribution in [3.05, 3.63) is 77.8 Å². The molecule has 3 heteroatoms. The lowest BCUT2D eigenvalue weighted by molar-refractivity contribution is 0.573. The summed E-state index contributed by atoms with van der Waals surface area (Å²) in [5.74, 6) is 0.987. The summed E-state index contributed by atoms with van der Waals surface area (Å²) in [4.78, 5) is 4.38. The molecule has 0 bridgehead atoms. The molecule has 0 atom stereocenters. The van der Waals surface area contributed by atoms with Crippen LogP contribution in [0.2, 0.25) is 0 Å². The Morgan fingerprint density at radius 3 is 2.59 bits per heavy atom. The Balaban J connectivity index is 1.77. The quantitative estimate of drug-likeness (QED) is 0.591. The summed E-state index contributed by atoms with van der Waals surface area (Å²) < 4.78 is 18.9. The number of benzene rings is 2. The van der Waals surface area contributed by atoms with Gasteiger partial charge in [-0.3, -0.25) is 4.99 Å². The second kappa shape index (κ2) is 6.39. The summed E-state index contributed by atoms with van der Waals surface area (Å²) in [5.41, 5.74) is 2.87. The summed E-state index contributed by atoms with van der Waals surface area (Å²) >= 11 is 0. The summed E-state index contributed by atoms with van der Waals surface area (Å²) in [6, 6.07) is 18.1. The molecule has 0 N–H and O–H groups in total. The molecule has 0 saturated heterocycles. The largest absolute Gasteiger partial charge is 0.455 e. The molecular weight excluding hydrogens is 277 g/mol. The predicted octanol–water partition coefficient (Wildman–Crippen LogP) is 5.40. The van der Waals surface area contributed by atoms with Crippen molar-refractivity contribution in [3.63, 3.8) is 0 Å². The lowest BCUT2D eigenvalue weighted by atomic mass is 10.1. The van der Waals surface area contributed by atoms with Crippen LogP contribution in [0.3, 0.4) is 0 Å². The lowest BCUT2D eigenvalue weighted by Gasteiger charge is -1.97. The Bertz CT molecular complexity index is 787. The number of hydrogen-bond acceptors (Lipinski definition) is 2.